The van der Waals surface area contributed by atoms with E-state index in [9.17, 15) is 24.6 Å². The molecule has 0 aromatic rings. The van der Waals surface area contributed by atoms with Crippen molar-refractivity contribution in [2.24, 2.45) is 0 Å². The molecule has 1 saturated heterocycles. The van der Waals surface area contributed by atoms with Crippen LogP contribution < -0.4 is 10.6 Å². The summed E-state index contributed by atoms with van der Waals surface area (Å²) in [6.45, 7) is 3.59. The molecule has 0 aromatic heterocycles. The van der Waals surface area contributed by atoms with E-state index in [-0.39, 0.29) is 50.1 Å². The lowest BCUT2D eigenvalue weighted by molar-refractivity contribution is -0.137. The number of amides is 2. The van der Waals surface area contributed by atoms with Crippen LogP contribution >= 0.6 is 0 Å². The molecule has 4 atom stereocenters. The number of nitrogens with one attached hydrogen (secondary N) is 2. The maximum Gasteiger partial charge on any atom is 0.303 e. The molecule has 0 saturated carbocycles. The van der Waals surface area contributed by atoms with Crippen molar-refractivity contribution in [2.45, 2.75) is 70.0 Å². The minimum absolute atomic E-state index is 0.0214. The highest BCUT2D eigenvalue weighted by molar-refractivity contribution is 5.77. The maximum absolute atomic E-state index is 11.7. The van der Waals surface area contributed by atoms with E-state index in [0.717, 1.165) is 0 Å². The van der Waals surface area contributed by atoms with Gasteiger partial charge in [0, 0.05) is 25.4 Å². The molecule has 24 heavy (non-hydrogen) atoms. The third kappa shape index (κ3) is 6.81. The van der Waals surface area contributed by atoms with E-state index in [1.54, 1.807) is 13.8 Å². The average Bonchev–Trinajstić information content (AvgIpc) is 2.72. The third-order valence-electron chi connectivity index (χ3n) is 3.59. The van der Waals surface area contributed by atoms with Gasteiger partial charge in [-0.25, -0.2) is 0 Å². The SMILES string of the molecule is CC(C)NC(=O)C[C@@H]1O[C@H](CNC(=O)CCCC(=O)O)[C@@H](O)[C@H]1O. The van der Waals surface area contributed by atoms with Crippen LogP contribution in [-0.2, 0) is 19.1 Å². The van der Waals surface area contributed by atoms with E-state index < -0.39 is 30.4 Å². The number of rotatable bonds is 9. The Morgan fingerprint density at radius 1 is 1.04 bits per heavy atom. The lowest BCUT2D eigenvalue weighted by Gasteiger charge is -2.15. The molecule has 1 aliphatic heterocycles. The zero-order valence-electron chi connectivity index (χ0n) is 13.9. The Morgan fingerprint density at radius 3 is 2.25 bits per heavy atom. The van der Waals surface area contributed by atoms with Gasteiger partial charge < -0.3 is 30.7 Å². The number of aliphatic carboxylic acids is 1. The summed E-state index contributed by atoms with van der Waals surface area (Å²) in [5.74, 6) is -1.62. The van der Waals surface area contributed by atoms with Crippen LogP contribution in [0.3, 0.4) is 0 Å². The number of carbonyl (C=O) groups excluding carboxylic acids is 2. The Bertz CT molecular complexity index is 455. The highest BCUT2D eigenvalue weighted by Gasteiger charge is 2.43. The molecule has 1 heterocycles. The lowest BCUT2D eigenvalue weighted by atomic mass is 10.1. The van der Waals surface area contributed by atoms with Gasteiger partial charge in [0.05, 0.1) is 12.5 Å². The minimum Gasteiger partial charge on any atom is -0.481 e. The zero-order chi connectivity index (χ0) is 18.3. The highest BCUT2D eigenvalue weighted by Crippen LogP contribution is 2.23. The molecule has 9 heteroatoms. The van der Waals surface area contributed by atoms with Crippen LogP contribution in [0.2, 0.25) is 0 Å². The number of aliphatic hydroxyl groups excluding tert-OH is 2. The van der Waals surface area contributed by atoms with Gasteiger partial charge in [-0.1, -0.05) is 0 Å². The van der Waals surface area contributed by atoms with Crippen molar-refractivity contribution in [3.8, 4) is 0 Å². The molecule has 1 aliphatic rings. The van der Waals surface area contributed by atoms with Gasteiger partial charge in [-0.05, 0) is 20.3 Å². The van der Waals surface area contributed by atoms with Crippen LogP contribution in [0.25, 0.3) is 0 Å². The molecule has 1 fully saturated rings. The van der Waals surface area contributed by atoms with Crippen molar-refractivity contribution < 1.29 is 34.4 Å². The fraction of sp³-hybridized carbons (Fsp3) is 0.800. The molecule has 0 radical (unpaired) electrons. The summed E-state index contributed by atoms with van der Waals surface area (Å²) in [5, 5.41) is 33.6. The molecule has 138 valence electrons. The zero-order valence-corrected chi connectivity index (χ0v) is 13.9. The first kappa shape index (κ1) is 20.3. The van der Waals surface area contributed by atoms with Gasteiger partial charge in [-0.15, -0.1) is 0 Å². The van der Waals surface area contributed by atoms with Gasteiger partial charge >= 0.3 is 5.97 Å². The van der Waals surface area contributed by atoms with Crippen molar-refractivity contribution in [1.29, 1.82) is 0 Å². The summed E-state index contributed by atoms with van der Waals surface area (Å²) >= 11 is 0. The fourth-order valence-electron chi connectivity index (χ4n) is 2.43. The number of carboxylic acid groups (broad SMARTS) is 1. The van der Waals surface area contributed by atoms with Gasteiger partial charge in [0.25, 0.3) is 0 Å². The molecule has 0 spiro atoms. The number of carboxylic acids is 1. The van der Waals surface area contributed by atoms with Crippen molar-refractivity contribution >= 4 is 17.8 Å². The molecule has 1 rings (SSSR count). The maximum atomic E-state index is 11.7. The van der Waals surface area contributed by atoms with Gasteiger partial charge in [0.2, 0.25) is 11.8 Å². The number of hydrogen-bond acceptors (Lipinski definition) is 6. The third-order valence-corrected chi connectivity index (χ3v) is 3.59. The summed E-state index contributed by atoms with van der Waals surface area (Å²) in [6, 6.07) is -0.0399. The number of aliphatic hydroxyl groups is 2. The second-order valence-corrected chi connectivity index (χ2v) is 6.17. The molecule has 9 nitrogen and oxygen atoms in total. The second kappa shape index (κ2) is 9.55. The molecular formula is C15H26N2O7. The number of ether oxygens (including phenoxy) is 1. The standard InChI is InChI=1S/C15H26N2O7/c1-8(2)17-12(19)6-9-14(22)15(23)10(24-9)7-16-11(18)4-3-5-13(20)21/h8-10,14-15,22-23H,3-7H2,1-2H3,(H,16,18)(H,17,19)(H,20,21)/t9-,10+,14-,15+/m0/s1. The topological polar surface area (TPSA) is 145 Å². The van der Waals surface area contributed by atoms with Crippen LogP contribution in [-0.4, -0.2) is 70.1 Å². The quantitative estimate of drug-likeness (QED) is 0.351. The summed E-state index contributed by atoms with van der Waals surface area (Å²) < 4.78 is 5.46. The molecule has 0 bridgehead atoms. The van der Waals surface area contributed by atoms with Gasteiger partial charge in [-0.3, -0.25) is 14.4 Å². The predicted molar refractivity (Wildman–Crippen MR) is 83.1 cm³/mol. The number of carbonyl (C=O) groups is 3. The highest BCUT2D eigenvalue weighted by atomic mass is 16.5. The smallest absolute Gasteiger partial charge is 0.303 e. The van der Waals surface area contributed by atoms with E-state index in [4.69, 9.17) is 9.84 Å². The van der Waals surface area contributed by atoms with Crippen molar-refractivity contribution in [3.05, 3.63) is 0 Å². The van der Waals surface area contributed by atoms with Crippen LogP contribution in [0.1, 0.15) is 39.5 Å². The first-order valence-electron chi connectivity index (χ1n) is 8.00. The normalized spacial score (nSPS) is 26.4. The van der Waals surface area contributed by atoms with Gasteiger partial charge in [0.15, 0.2) is 0 Å². The lowest BCUT2D eigenvalue weighted by Crippen LogP contribution is -2.40. The monoisotopic (exact) mass is 346 g/mol. The van der Waals surface area contributed by atoms with E-state index in [0.29, 0.717) is 0 Å². The number of hydrogen-bond donors (Lipinski definition) is 5. The summed E-state index contributed by atoms with van der Waals surface area (Å²) in [6.07, 6.45) is -3.99. The second-order valence-electron chi connectivity index (χ2n) is 6.17. The summed E-state index contributed by atoms with van der Waals surface area (Å²) in [7, 11) is 0. The van der Waals surface area contributed by atoms with Crippen LogP contribution in [0.15, 0.2) is 0 Å². The minimum atomic E-state index is -1.21. The van der Waals surface area contributed by atoms with Crippen molar-refractivity contribution in [3.63, 3.8) is 0 Å². The van der Waals surface area contributed by atoms with Crippen LogP contribution in [0.4, 0.5) is 0 Å². The molecule has 5 N–H and O–H groups in total. The first-order chi connectivity index (χ1) is 11.2. The van der Waals surface area contributed by atoms with E-state index in [1.807, 2.05) is 0 Å². The van der Waals surface area contributed by atoms with Gasteiger partial charge in [-0.2, -0.15) is 0 Å². The summed E-state index contributed by atoms with van der Waals surface area (Å²) in [4.78, 5) is 33.7. The average molecular weight is 346 g/mol. The Balaban J connectivity index is 2.37. The van der Waals surface area contributed by atoms with Crippen LogP contribution in [0.5, 0.6) is 0 Å². The Labute approximate surface area is 140 Å². The van der Waals surface area contributed by atoms with Crippen LogP contribution in [0, 0.1) is 0 Å². The molecule has 0 aromatic carbocycles. The van der Waals surface area contributed by atoms with Gasteiger partial charge in [0.1, 0.15) is 18.3 Å². The molecule has 0 aliphatic carbocycles. The molecule has 2 amide bonds. The first-order valence-corrected chi connectivity index (χ1v) is 8.00. The van der Waals surface area contributed by atoms with E-state index in [2.05, 4.69) is 10.6 Å². The summed E-state index contributed by atoms with van der Waals surface area (Å²) in [5.41, 5.74) is 0. The fourth-order valence-corrected chi connectivity index (χ4v) is 2.43. The Morgan fingerprint density at radius 2 is 1.67 bits per heavy atom. The molecular weight excluding hydrogens is 320 g/mol. The van der Waals surface area contributed by atoms with Crippen molar-refractivity contribution in [1.82, 2.24) is 10.6 Å². The Kier molecular flexibility index (Phi) is 8.09. The Hall–Kier alpha value is -1.71. The largest absolute Gasteiger partial charge is 0.481 e. The molecule has 0 unspecified atom stereocenters. The van der Waals surface area contributed by atoms with E-state index >= 15 is 0 Å². The predicted octanol–water partition coefficient (Wildman–Crippen LogP) is -1.24. The van der Waals surface area contributed by atoms with Crippen molar-refractivity contribution in [2.75, 3.05) is 6.54 Å². The van der Waals surface area contributed by atoms with E-state index in [1.165, 1.54) is 0 Å².